The van der Waals surface area contributed by atoms with Gasteiger partial charge in [0.2, 0.25) is 5.95 Å². The Balaban J connectivity index is 1.96. The number of nitrogens with zero attached hydrogens (tertiary/aromatic N) is 2. The lowest BCUT2D eigenvalue weighted by Crippen LogP contribution is -2.00. The Kier molecular flexibility index (Phi) is 5.17. The molecule has 0 radical (unpaired) electrons. The molecule has 2 aromatic carbocycles. The van der Waals surface area contributed by atoms with E-state index in [4.69, 9.17) is 10.5 Å². The van der Waals surface area contributed by atoms with Gasteiger partial charge in [-0.05, 0) is 49.2 Å². The van der Waals surface area contributed by atoms with Crippen LogP contribution in [0.15, 0.2) is 66.4 Å². The molecule has 0 bridgehead atoms. The number of ether oxygens (including phenoxy) is 1. The number of nitrogens with two attached hydrogens (primary N) is 1. The van der Waals surface area contributed by atoms with Crippen molar-refractivity contribution in [1.82, 2.24) is 9.97 Å². The topological polar surface area (TPSA) is 81.3 Å². The summed E-state index contributed by atoms with van der Waals surface area (Å²) in [5.74, 6) is 1.10. The van der Waals surface area contributed by atoms with Gasteiger partial charge in [-0.1, -0.05) is 30.3 Å². The molecule has 3 rings (SSSR count). The molecule has 0 fully saturated rings. The fourth-order valence-electron chi connectivity index (χ4n) is 2.50. The van der Waals surface area contributed by atoms with E-state index >= 15 is 0 Å². The van der Waals surface area contributed by atoms with Crippen LogP contribution < -0.4 is 10.5 Å². The largest absolute Gasteiger partial charge is 0.507 e. The van der Waals surface area contributed by atoms with Crippen LogP contribution in [0.5, 0.6) is 11.5 Å². The number of anilines is 1. The molecule has 1 aromatic heterocycles. The molecule has 0 spiro atoms. The van der Waals surface area contributed by atoms with Crippen molar-refractivity contribution in [3.8, 4) is 33.9 Å². The van der Waals surface area contributed by atoms with Crippen LogP contribution in [0.4, 0.5) is 5.95 Å². The van der Waals surface area contributed by atoms with Crippen LogP contribution in [0.1, 0.15) is 13.8 Å². The van der Waals surface area contributed by atoms with Gasteiger partial charge in [0.1, 0.15) is 18.1 Å². The number of rotatable bonds is 5. The number of aromatic hydroxyl groups is 1. The summed E-state index contributed by atoms with van der Waals surface area (Å²) in [5.41, 5.74) is 9.85. The quantitative estimate of drug-likeness (QED) is 0.667. The lowest BCUT2D eigenvalue weighted by Gasteiger charge is -2.12. The highest BCUT2D eigenvalue weighted by Crippen LogP contribution is 2.35. The maximum absolute atomic E-state index is 10.2. The fraction of sp³-hybridized carbons (Fsp3) is 0.143. The number of hydrogen-bond acceptors (Lipinski definition) is 5. The van der Waals surface area contributed by atoms with Crippen LogP contribution in [-0.2, 0) is 0 Å². The van der Waals surface area contributed by atoms with E-state index in [0.29, 0.717) is 17.9 Å². The first-order valence-electron chi connectivity index (χ1n) is 8.34. The minimum atomic E-state index is 0.147. The number of phenols is 1. The molecule has 3 aromatic rings. The van der Waals surface area contributed by atoms with E-state index in [9.17, 15) is 5.11 Å². The number of nitrogen functional groups attached to an aromatic ring is 1. The smallest absolute Gasteiger partial charge is 0.220 e. The third-order valence-corrected chi connectivity index (χ3v) is 4.09. The van der Waals surface area contributed by atoms with Gasteiger partial charge >= 0.3 is 0 Å². The summed E-state index contributed by atoms with van der Waals surface area (Å²) in [6.07, 6.45) is 3.70. The third-order valence-electron chi connectivity index (χ3n) is 4.09. The second kappa shape index (κ2) is 7.70. The lowest BCUT2D eigenvalue weighted by molar-refractivity contribution is 0.352. The van der Waals surface area contributed by atoms with E-state index in [0.717, 1.165) is 16.9 Å². The first kappa shape index (κ1) is 17.5. The summed E-state index contributed by atoms with van der Waals surface area (Å²) >= 11 is 0. The van der Waals surface area contributed by atoms with Crippen LogP contribution in [0.3, 0.4) is 0 Å². The van der Waals surface area contributed by atoms with E-state index in [1.54, 1.807) is 24.4 Å². The zero-order valence-corrected chi connectivity index (χ0v) is 14.8. The standard InChI is InChI=1S/C21H21N3O2/c1-3-14(2)13-26-16-10-8-15(9-11-16)18-12-23-21(22)24-20(18)17-6-4-5-7-19(17)25/h3-12,25H,13H2,1-2H3,(H2,22,23,24)/b14-3-. The second-order valence-corrected chi connectivity index (χ2v) is 5.96. The van der Waals surface area contributed by atoms with Crippen LogP contribution in [0.2, 0.25) is 0 Å². The predicted octanol–water partition coefficient (Wildman–Crippen LogP) is 4.44. The Hall–Kier alpha value is -3.34. The van der Waals surface area contributed by atoms with Gasteiger partial charge in [-0.25, -0.2) is 9.97 Å². The number of phenolic OH excluding ortho intramolecular Hbond substituents is 1. The molecular weight excluding hydrogens is 326 g/mol. The molecule has 0 saturated heterocycles. The maximum Gasteiger partial charge on any atom is 0.220 e. The summed E-state index contributed by atoms with van der Waals surface area (Å²) in [6.45, 7) is 4.58. The average Bonchev–Trinajstić information content (AvgIpc) is 2.67. The second-order valence-electron chi connectivity index (χ2n) is 5.96. The van der Waals surface area contributed by atoms with Crippen molar-refractivity contribution in [1.29, 1.82) is 0 Å². The van der Waals surface area contributed by atoms with Crippen LogP contribution in [0, 0.1) is 0 Å². The van der Waals surface area contributed by atoms with Gasteiger partial charge in [0.25, 0.3) is 0 Å². The van der Waals surface area contributed by atoms with Crippen LogP contribution >= 0.6 is 0 Å². The van der Waals surface area contributed by atoms with Gasteiger partial charge in [0, 0.05) is 17.3 Å². The van der Waals surface area contributed by atoms with Crippen LogP contribution in [0.25, 0.3) is 22.4 Å². The van der Waals surface area contributed by atoms with Gasteiger partial charge < -0.3 is 15.6 Å². The first-order chi connectivity index (χ1) is 12.6. The highest BCUT2D eigenvalue weighted by Gasteiger charge is 2.14. The molecule has 0 atom stereocenters. The zero-order chi connectivity index (χ0) is 18.5. The summed E-state index contributed by atoms with van der Waals surface area (Å²) in [7, 11) is 0. The van der Waals surface area contributed by atoms with Gasteiger partial charge in [-0.2, -0.15) is 0 Å². The predicted molar refractivity (Wildman–Crippen MR) is 104 cm³/mol. The molecule has 0 aliphatic rings. The number of aromatic nitrogens is 2. The third kappa shape index (κ3) is 3.83. The Morgan fingerprint density at radius 1 is 1.12 bits per heavy atom. The van der Waals surface area contributed by atoms with Crippen molar-refractivity contribution < 1.29 is 9.84 Å². The van der Waals surface area contributed by atoms with Gasteiger partial charge in [-0.3, -0.25) is 0 Å². The highest BCUT2D eigenvalue weighted by atomic mass is 16.5. The molecule has 0 saturated carbocycles. The maximum atomic E-state index is 10.2. The summed E-state index contributed by atoms with van der Waals surface area (Å²) in [4.78, 5) is 8.45. The molecule has 5 nitrogen and oxygen atoms in total. The van der Waals surface area contributed by atoms with Crippen molar-refractivity contribution in [3.05, 3.63) is 66.4 Å². The normalized spacial score (nSPS) is 11.4. The number of hydrogen-bond donors (Lipinski definition) is 2. The first-order valence-corrected chi connectivity index (χ1v) is 8.34. The molecule has 1 heterocycles. The molecule has 0 unspecified atom stereocenters. The molecule has 132 valence electrons. The van der Waals surface area contributed by atoms with E-state index in [-0.39, 0.29) is 11.7 Å². The van der Waals surface area contributed by atoms with Crippen molar-refractivity contribution in [2.45, 2.75) is 13.8 Å². The van der Waals surface area contributed by atoms with Crippen LogP contribution in [-0.4, -0.2) is 21.7 Å². The van der Waals surface area contributed by atoms with E-state index in [1.165, 1.54) is 5.57 Å². The van der Waals surface area contributed by atoms with Gasteiger partial charge in [0.05, 0.1) is 5.69 Å². The fourth-order valence-corrected chi connectivity index (χ4v) is 2.50. The Morgan fingerprint density at radius 3 is 2.54 bits per heavy atom. The molecule has 0 aliphatic heterocycles. The summed E-state index contributed by atoms with van der Waals surface area (Å²) < 4.78 is 5.74. The summed E-state index contributed by atoms with van der Waals surface area (Å²) in [6, 6.07) is 14.7. The monoisotopic (exact) mass is 347 g/mol. The molecular formula is C21H21N3O2. The zero-order valence-electron chi connectivity index (χ0n) is 14.8. The van der Waals surface area contributed by atoms with E-state index in [1.807, 2.05) is 50.3 Å². The van der Waals surface area contributed by atoms with Gasteiger partial charge in [-0.15, -0.1) is 0 Å². The molecule has 5 heteroatoms. The molecule has 3 N–H and O–H groups in total. The minimum Gasteiger partial charge on any atom is -0.507 e. The SMILES string of the molecule is C/C=C(/C)COc1ccc(-c2cnc(N)nc2-c2ccccc2O)cc1. The number of para-hydroxylation sites is 1. The minimum absolute atomic E-state index is 0.147. The van der Waals surface area contributed by atoms with Gasteiger partial charge in [0.15, 0.2) is 0 Å². The molecule has 0 aliphatic carbocycles. The lowest BCUT2D eigenvalue weighted by atomic mass is 10.00. The van der Waals surface area contributed by atoms with E-state index in [2.05, 4.69) is 9.97 Å². The van der Waals surface area contributed by atoms with Crippen molar-refractivity contribution in [3.63, 3.8) is 0 Å². The Morgan fingerprint density at radius 2 is 1.85 bits per heavy atom. The Labute approximate surface area is 152 Å². The number of allylic oxidation sites excluding steroid dienone is 1. The van der Waals surface area contributed by atoms with Crippen molar-refractivity contribution >= 4 is 5.95 Å². The molecule has 26 heavy (non-hydrogen) atoms. The average molecular weight is 347 g/mol. The van der Waals surface area contributed by atoms with E-state index < -0.39 is 0 Å². The van der Waals surface area contributed by atoms with Crippen molar-refractivity contribution in [2.24, 2.45) is 0 Å². The highest BCUT2D eigenvalue weighted by molar-refractivity contribution is 5.83. The number of benzene rings is 2. The molecule has 0 amide bonds. The van der Waals surface area contributed by atoms with Crippen molar-refractivity contribution in [2.75, 3.05) is 12.3 Å². The Bertz CT molecular complexity index is 934. The summed E-state index contributed by atoms with van der Waals surface area (Å²) in [5, 5.41) is 10.2.